The number of hydrogen-bond donors (Lipinski definition) is 0. The molecule has 2 aromatic rings. The van der Waals surface area contributed by atoms with E-state index in [4.69, 9.17) is 9.47 Å². The molecule has 0 amide bonds. The van der Waals surface area contributed by atoms with E-state index in [2.05, 4.69) is 20.1 Å². The smallest absolute Gasteiger partial charge is 0.335 e. The average Bonchev–Trinajstić information content (AvgIpc) is 2.75. The van der Waals surface area contributed by atoms with Crippen LogP contribution in [0.2, 0.25) is 0 Å². The summed E-state index contributed by atoms with van der Waals surface area (Å²) in [6.07, 6.45) is 6.65. The van der Waals surface area contributed by atoms with Crippen LogP contribution in [-0.2, 0) is 15.0 Å². The third kappa shape index (κ3) is 4.65. The summed E-state index contributed by atoms with van der Waals surface area (Å²) in [7, 11) is 0. The van der Waals surface area contributed by atoms with Crippen LogP contribution in [0.4, 0.5) is 0 Å². The molecule has 3 rings (SSSR count). The molecular weight excluding hydrogens is 364 g/mol. The average molecular weight is 390 g/mol. The van der Waals surface area contributed by atoms with Gasteiger partial charge in [0.2, 0.25) is 0 Å². The van der Waals surface area contributed by atoms with Crippen LogP contribution in [-0.4, -0.2) is 11.9 Å². The van der Waals surface area contributed by atoms with Gasteiger partial charge < -0.3 is 9.47 Å². The highest BCUT2D eigenvalue weighted by Crippen LogP contribution is 2.47. The van der Waals surface area contributed by atoms with Crippen molar-refractivity contribution >= 4 is 11.9 Å². The summed E-state index contributed by atoms with van der Waals surface area (Å²) in [6.45, 7) is 9.14. The Bertz CT molecular complexity index is 818. The third-order valence-corrected chi connectivity index (χ3v) is 5.71. The molecule has 1 fully saturated rings. The second kappa shape index (κ2) is 8.91. The van der Waals surface area contributed by atoms with Crippen molar-refractivity contribution in [2.24, 2.45) is 5.92 Å². The first kappa shape index (κ1) is 20.6. The van der Waals surface area contributed by atoms with Gasteiger partial charge in [0.25, 0.3) is 0 Å². The zero-order chi connectivity index (χ0) is 20.9. The molecule has 0 unspecified atom stereocenters. The number of benzene rings is 2. The topological polar surface area (TPSA) is 52.6 Å². The van der Waals surface area contributed by atoms with Crippen molar-refractivity contribution in [2.75, 3.05) is 0 Å². The summed E-state index contributed by atoms with van der Waals surface area (Å²) in [6, 6.07) is 15.5. The number of esters is 2. The van der Waals surface area contributed by atoms with Crippen molar-refractivity contribution in [1.82, 2.24) is 0 Å². The first-order valence-corrected chi connectivity index (χ1v) is 9.86. The monoisotopic (exact) mass is 390 g/mol. The fourth-order valence-corrected chi connectivity index (χ4v) is 4.00. The van der Waals surface area contributed by atoms with Crippen LogP contribution in [0.25, 0.3) is 0 Å². The van der Waals surface area contributed by atoms with Gasteiger partial charge in [0.1, 0.15) is 11.5 Å². The van der Waals surface area contributed by atoms with Gasteiger partial charge in [-0.25, -0.2) is 9.59 Å². The maximum atomic E-state index is 11.4. The van der Waals surface area contributed by atoms with Gasteiger partial charge in [-0.2, -0.15) is 0 Å². The number of ether oxygens (including phenoxy) is 2. The Morgan fingerprint density at radius 1 is 0.828 bits per heavy atom. The lowest BCUT2D eigenvalue weighted by Gasteiger charge is -2.40. The minimum absolute atomic E-state index is 0.117. The SMILES string of the molecule is C=CC(=O)Oc1ccc(C2(c3ccc(OC(=O)C=C)cc3)CCC(C)CC2)cc1. The van der Waals surface area contributed by atoms with Crippen molar-refractivity contribution < 1.29 is 19.1 Å². The highest BCUT2D eigenvalue weighted by molar-refractivity contribution is 5.83. The van der Waals surface area contributed by atoms with Crippen molar-refractivity contribution in [3.8, 4) is 11.5 Å². The van der Waals surface area contributed by atoms with Crippen molar-refractivity contribution in [3.63, 3.8) is 0 Å². The molecule has 0 bridgehead atoms. The fraction of sp³-hybridized carbons (Fsp3) is 0.280. The first-order valence-electron chi connectivity index (χ1n) is 9.86. The highest BCUT2D eigenvalue weighted by Gasteiger charge is 2.37. The maximum Gasteiger partial charge on any atom is 0.335 e. The highest BCUT2D eigenvalue weighted by atomic mass is 16.5. The van der Waals surface area contributed by atoms with Crippen molar-refractivity contribution in [1.29, 1.82) is 0 Å². The summed E-state index contributed by atoms with van der Waals surface area (Å²) in [5.41, 5.74) is 2.27. The predicted octanol–water partition coefficient (Wildman–Crippen LogP) is 5.37. The second-order valence-electron chi connectivity index (χ2n) is 7.56. The third-order valence-electron chi connectivity index (χ3n) is 5.71. The lowest BCUT2D eigenvalue weighted by molar-refractivity contribution is -0.129. The molecule has 0 N–H and O–H groups in total. The molecule has 1 aliphatic carbocycles. The Balaban J connectivity index is 1.92. The van der Waals surface area contributed by atoms with Crippen molar-refractivity contribution in [2.45, 2.75) is 38.0 Å². The first-order chi connectivity index (χ1) is 14.0. The maximum absolute atomic E-state index is 11.4. The Hall–Kier alpha value is -3.14. The summed E-state index contributed by atoms with van der Waals surface area (Å²) in [5.74, 6) is 0.769. The van der Waals surface area contributed by atoms with E-state index in [1.54, 1.807) is 0 Å². The van der Waals surface area contributed by atoms with Crippen LogP contribution in [0.1, 0.15) is 43.7 Å². The van der Waals surface area contributed by atoms with Gasteiger partial charge in [-0.3, -0.25) is 0 Å². The molecule has 0 aliphatic heterocycles. The number of rotatable bonds is 6. The number of hydrogen-bond acceptors (Lipinski definition) is 4. The van der Waals surface area contributed by atoms with Crippen molar-refractivity contribution in [3.05, 3.63) is 85.0 Å². The predicted molar refractivity (Wildman–Crippen MR) is 113 cm³/mol. The molecule has 0 atom stereocenters. The van der Waals surface area contributed by atoms with Gasteiger partial charge in [-0.1, -0.05) is 44.3 Å². The fourth-order valence-electron chi connectivity index (χ4n) is 4.00. The summed E-state index contributed by atoms with van der Waals surface area (Å²) >= 11 is 0. The molecule has 0 spiro atoms. The van der Waals surface area contributed by atoms with Gasteiger partial charge in [0.05, 0.1) is 0 Å². The zero-order valence-electron chi connectivity index (χ0n) is 16.7. The molecule has 0 radical (unpaired) electrons. The van der Waals surface area contributed by atoms with Crippen LogP contribution in [0.15, 0.2) is 73.8 Å². The van der Waals surface area contributed by atoms with Gasteiger partial charge in [0.15, 0.2) is 0 Å². The minimum Gasteiger partial charge on any atom is -0.423 e. The van der Waals surface area contributed by atoms with Crippen LogP contribution in [0.5, 0.6) is 11.5 Å². The molecule has 0 aromatic heterocycles. The Labute approximate surface area is 171 Å². The standard InChI is InChI=1S/C25H26O4/c1-4-23(26)28-21-10-6-19(7-11-21)25(16-14-18(3)15-17-25)20-8-12-22(13-9-20)29-24(27)5-2/h4-13,18H,1-2,14-17H2,3H3. The lowest BCUT2D eigenvalue weighted by atomic mass is 9.63. The summed E-state index contributed by atoms with van der Waals surface area (Å²) < 4.78 is 10.4. The minimum atomic E-state index is -0.469. The zero-order valence-corrected chi connectivity index (χ0v) is 16.7. The number of carbonyl (C=O) groups is 2. The Morgan fingerprint density at radius 3 is 1.55 bits per heavy atom. The van der Waals surface area contributed by atoms with E-state index in [9.17, 15) is 9.59 Å². The quantitative estimate of drug-likeness (QED) is 0.378. The second-order valence-corrected chi connectivity index (χ2v) is 7.56. The van der Waals surface area contributed by atoms with Crippen LogP contribution < -0.4 is 9.47 Å². The van der Waals surface area contributed by atoms with E-state index >= 15 is 0 Å². The van der Waals surface area contributed by atoms with E-state index in [-0.39, 0.29) is 5.41 Å². The normalized spacial score (nSPS) is 15.9. The van der Waals surface area contributed by atoms with E-state index in [1.165, 1.54) is 11.1 Å². The summed E-state index contributed by atoms with van der Waals surface area (Å²) in [5, 5.41) is 0. The van der Waals surface area contributed by atoms with Gasteiger partial charge in [-0.05, 0) is 67.0 Å². The lowest BCUT2D eigenvalue weighted by Crippen LogP contribution is -2.32. The molecular formula is C25H26O4. The molecule has 150 valence electrons. The van der Waals surface area contributed by atoms with Crippen LogP contribution >= 0.6 is 0 Å². The Kier molecular flexibility index (Phi) is 6.32. The van der Waals surface area contributed by atoms with Crippen LogP contribution in [0.3, 0.4) is 0 Å². The summed E-state index contributed by atoms with van der Waals surface area (Å²) in [4.78, 5) is 22.9. The van der Waals surface area contributed by atoms with Crippen LogP contribution in [0, 0.1) is 5.92 Å². The van der Waals surface area contributed by atoms with Gasteiger partial charge in [0, 0.05) is 17.6 Å². The molecule has 0 heterocycles. The van der Waals surface area contributed by atoms with E-state index in [0.717, 1.165) is 37.8 Å². The molecule has 1 saturated carbocycles. The van der Waals surface area contributed by atoms with Gasteiger partial charge in [-0.15, -0.1) is 0 Å². The largest absolute Gasteiger partial charge is 0.423 e. The van der Waals surface area contributed by atoms with E-state index in [1.807, 2.05) is 48.5 Å². The molecule has 29 heavy (non-hydrogen) atoms. The van der Waals surface area contributed by atoms with Gasteiger partial charge >= 0.3 is 11.9 Å². The number of carbonyl (C=O) groups excluding carboxylic acids is 2. The van der Waals surface area contributed by atoms with E-state index in [0.29, 0.717) is 17.4 Å². The Morgan fingerprint density at radius 2 is 1.21 bits per heavy atom. The molecule has 4 nitrogen and oxygen atoms in total. The molecule has 4 heteroatoms. The molecule has 1 aliphatic rings. The van der Waals surface area contributed by atoms with E-state index < -0.39 is 11.9 Å². The molecule has 0 saturated heterocycles. The molecule has 2 aromatic carbocycles.